The van der Waals surface area contributed by atoms with Crippen molar-refractivity contribution in [1.82, 2.24) is 40.7 Å². The quantitative estimate of drug-likeness (QED) is 0.0345. The van der Waals surface area contributed by atoms with Crippen LogP contribution in [0.25, 0.3) is 0 Å². The lowest BCUT2D eigenvalue weighted by Gasteiger charge is -2.36. The van der Waals surface area contributed by atoms with Crippen molar-refractivity contribution in [1.29, 1.82) is 0 Å². The molecular formula is C54H86N10O12S. The van der Waals surface area contributed by atoms with Gasteiger partial charge in [0.05, 0.1) is 30.2 Å². The van der Waals surface area contributed by atoms with E-state index >= 15 is 0 Å². The standard InChI is InChI=1S/C54H86N10O12S/c1-14-35(6)46(60-49(70)40-19-15-16-27-62(40)12)51(72)63(13)41(33(2)3)28-36(7)47(68)61-77(74,75)38-22-20-37(21-23-38)57-48(69)39(18-17-26-56-52(55)73)58-50(71)45(34(4)5)59-42(65)29-53(8,9)31-76-32-54(10,11)30-64-43(66)24-25-44(64)67/h20-25,28,33-35,39-41,45-46H,14-19,26-27,29-32H2,1-13H3,(H,57,69)(H,58,71)(H,59,65)(H,60,70)(H,61,68)(H3,55,56,73)/b36-28+/t35-,39-,40+,41+,45-,46-/m0/s1. The summed E-state index contributed by atoms with van der Waals surface area (Å²) in [5.41, 5.74) is 4.12. The third-order valence-corrected chi connectivity index (χ3v) is 15.1. The Morgan fingerprint density at radius 1 is 0.857 bits per heavy atom. The van der Waals surface area contributed by atoms with E-state index in [0.29, 0.717) is 12.8 Å². The van der Waals surface area contributed by atoms with Gasteiger partial charge in [-0.1, -0.05) is 88.2 Å². The van der Waals surface area contributed by atoms with Gasteiger partial charge in [-0.2, -0.15) is 0 Å². The average molecular weight is 1100 g/mol. The fourth-order valence-corrected chi connectivity index (χ4v) is 9.97. The van der Waals surface area contributed by atoms with Crippen molar-refractivity contribution < 1.29 is 56.3 Å². The Kier molecular flexibility index (Phi) is 24.5. The molecule has 8 N–H and O–H groups in total. The van der Waals surface area contributed by atoms with E-state index in [-0.39, 0.29) is 91.4 Å². The van der Waals surface area contributed by atoms with E-state index in [0.717, 1.165) is 24.3 Å². The molecule has 0 radical (unpaired) electrons. The highest BCUT2D eigenvalue weighted by Crippen LogP contribution is 2.26. The summed E-state index contributed by atoms with van der Waals surface area (Å²) in [6.07, 6.45) is 7.38. The van der Waals surface area contributed by atoms with Gasteiger partial charge in [0, 0.05) is 55.4 Å². The first kappa shape index (κ1) is 65.1. The number of hydrogen-bond donors (Lipinski definition) is 7. The number of urea groups is 1. The molecule has 0 spiro atoms. The lowest BCUT2D eigenvalue weighted by Crippen LogP contribution is -2.57. The highest BCUT2D eigenvalue weighted by Gasteiger charge is 2.37. The van der Waals surface area contributed by atoms with Crippen LogP contribution in [0.3, 0.4) is 0 Å². The molecule has 0 bridgehead atoms. The van der Waals surface area contributed by atoms with E-state index in [2.05, 4.69) is 31.3 Å². The number of anilines is 1. The third-order valence-electron chi connectivity index (χ3n) is 13.7. The van der Waals surface area contributed by atoms with Crippen molar-refractivity contribution in [3.05, 3.63) is 48.1 Å². The third kappa shape index (κ3) is 20.3. The van der Waals surface area contributed by atoms with Gasteiger partial charge in [0.2, 0.25) is 29.5 Å². The zero-order chi connectivity index (χ0) is 58.2. The molecule has 1 aromatic carbocycles. The number of carbonyl (C=O) groups is 9. The summed E-state index contributed by atoms with van der Waals surface area (Å²) in [5.74, 6) is -4.90. The summed E-state index contributed by atoms with van der Waals surface area (Å²) in [7, 11) is -0.971. The van der Waals surface area contributed by atoms with Gasteiger partial charge in [-0.15, -0.1) is 0 Å². The van der Waals surface area contributed by atoms with E-state index in [1.54, 1.807) is 20.9 Å². The molecule has 0 aliphatic carbocycles. The molecule has 0 saturated carbocycles. The van der Waals surface area contributed by atoms with Crippen LogP contribution in [0, 0.1) is 28.6 Å². The molecule has 2 aliphatic rings. The summed E-state index contributed by atoms with van der Waals surface area (Å²) in [6, 6.07) is 0.0973. The van der Waals surface area contributed by atoms with Crippen LogP contribution in [-0.2, 0) is 53.1 Å². The number of likely N-dealkylation sites (tertiary alicyclic amines) is 1. The van der Waals surface area contributed by atoms with Crippen molar-refractivity contribution in [3.63, 3.8) is 0 Å². The van der Waals surface area contributed by atoms with Crippen LogP contribution in [0.4, 0.5) is 10.5 Å². The summed E-state index contributed by atoms with van der Waals surface area (Å²) >= 11 is 0. The predicted octanol–water partition coefficient (Wildman–Crippen LogP) is 3.33. The van der Waals surface area contributed by atoms with E-state index in [9.17, 15) is 51.6 Å². The molecule has 2 heterocycles. The van der Waals surface area contributed by atoms with Crippen LogP contribution in [0.2, 0.25) is 0 Å². The molecule has 23 heteroatoms. The van der Waals surface area contributed by atoms with Gasteiger partial charge >= 0.3 is 6.03 Å². The predicted molar refractivity (Wildman–Crippen MR) is 292 cm³/mol. The second-order valence-electron chi connectivity index (χ2n) is 22.7. The van der Waals surface area contributed by atoms with E-state index in [1.807, 2.05) is 67.3 Å². The number of hydrogen-bond acceptors (Lipinski definition) is 13. The Balaban J connectivity index is 1.69. The minimum Gasteiger partial charge on any atom is -0.380 e. The Hall–Kier alpha value is -6.20. The molecule has 10 amide bonds. The van der Waals surface area contributed by atoms with Crippen molar-refractivity contribution in [2.75, 3.05) is 52.3 Å². The number of sulfonamides is 1. The molecule has 6 atom stereocenters. The van der Waals surface area contributed by atoms with E-state index < -0.39 is 92.4 Å². The summed E-state index contributed by atoms with van der Waals surface area (Å²) in [6.45, 7) is 21.1. The second kappa shape index (κ2) is 29.0. The second-order valence-corrected chi connectivity index (χ2v) is 24.4. The smallest absolute Gasteiger partial charge is 0.312 e. The van der Waals surface area contributed by atoms with Gasteiger partial charge in [0.25, 0.3) is 27.7 Å². The maximum atomic E-state index is 14.1. The first-order valence-electron chi connectivity index (χ1n) is 26.5. The van der Waals surface area contributed by atoms with Gasteiger partial charge < -0.3 is 42.0 Å². The number of piperidine rings is 1. The average Bonchev–Trinajstić information content (AvgIpc) is 3.65. The Labute approximate surface area is 455 Å². The highest BCUT2D eigenvalue weighted by molar-refractivity contribution is 7.90. The molecule has 1 saturated heterocycles. The number of primary amides is 1. The molecule has 430 valence electrons. The topological polar surface area (TPSA) is 305 Å². The number of ether oxygens (including phenoxy) is 1. The first-order valence-corrected chi connectivity index (χ1v) is 28.0. The Bertz CT molecular complexity index is 2440. The first-order chi connectivity index (χ1) is 35.8. The number of nitrogens with two attached hydrogens (primary N) is 1. The summed E-state index contributed by atoms with van der Waals surface area (Å²) in [5, 5.41) is 13.6. The van der Waals surface area contributed by atoms with Crippen molar-refractivity contribution in [3.8, 4) is 0 Å². The number of imide groups is 1. The van der Waals surface area contributed by atoms with Gasteiger partial charge in [-0.05, 0) is 93.6 Å². The molecular weight excluding hydrogens is 1010 g/mol. The number of nitrogens with zero attached hydrogens (tertiary/aromatic N) is 3. The van der Waals surface area contributed by atoms with Crippen LogP contribution in [-0.4, -0.2) is 154 Å². The van der Waals surface area contributed by atoms with Crippen LogP contribution in [0.1, 0.15) is 121 Å². The number of nitrogens with one attached hydrogen (secondary N) is 6. The van der Waals surface area contributed by atoms with Gasteiger partial charge in [-0.25, -0.2) is 17.9 Å². The molecule has 1 aromatic rings. The number of benzene rings is 1. The molecule has 1 fully saturated rings. The SMILES string of the molecule is CC[C@H](C)[C@H](NC(=O)[C@H]1CCCCN1C)C(=O)N(C)[C@H](/C=C(\C)C(=O)NS(=O)(=O)c1ccc(NC(=O)[C@H](CCCNC(N)=O)NC(=O)[C@@H](NC(=O)CC(C)(C)COCC(C)(C)CN2C(=O)C=CC2=O)C(C)C)cc1)C(C)C. The summed E-state index contributed by atoms with van der Waals surface area (Å²) in [4.78, 5) is 122. The van der Waals surface area contributed by atoms with Crippen LogP contribution in [0.5, 0.6) is 0 Å². The maximum absolute atomic E-state index is 14.1. The van der Waals surface area contributed by atoms with Crippen molar-refractivity contribution in [2.45, 2.75) is 156 Å². The zero-order valence-electron chi connectivity index (χ0n) is 47.4. The largest absolute Gasteiger partial charge is 0.380 e. The molecule has 22 nitrogen and oxygen atoms in total. The van der Waals surface area contributed by atoms with Gasteiger partial charge in [-0.3, -0.25) is 48.2 Å². The van der Waals surface area contributed by atoms with Crippen LogP contribution >= 0.6 is 0 Å². The van der Waals surface area contributed by atoms with Crippen molar-refractivity contribution in [2.24, 2.45) is 34.3 Å². The number of likely N-dealkylation sites (N-methyl/N-ethyl adjacent to an activating group) is 2. The Morgan fingerprint density at radius 3 is 2.03 bits per heavy atom. The highest BCUT2D eigenvalue weighted by atomic mass is 32.2. The monoisotopic (exact) mass is 1100 g/mol. The molecule has 3 rings (SSSR count). The maximum Gasteiger partial charge on any atom is 0.312 e. The van der Waals surface area contributed by atoms with Crippen molar-refractivity contribution >= 4 is 69.0 Å². The molecule has 77 heavy (non-hydrogen) atoms. The normalized spacial score (nSPS) is 17.5. The lowest BCUT2D eigenvalue weighted by atomic mass is 9.89. The minimum absolute atomic E-state index is 0.0220. The van der Waals surface area contributed by atoms with E-state index in [4.69, 9.17) is 10.5 Å². The zero-order valence-corrected chi connectivity index (χ0v) is 48.2. The van der Waals surface area contributed by atoms with Crippen LogP contribution < -0.4 is 37.0 Å². The minimum atomic E-state index is -4.46. The van der Waals surface area contributed by atoms with Crippen LogP contribution in [0.15, 0.2) is 53.0 Å². The van der Waals surface area contributed by atoms with Gasteiger partial charge in [0.1, 0.15) is 18.1 Å². The molecule has 2 aliphatic heterocycles. The van der Waals surface area contributed by atoms with Gasteiger partial charge in [0.15, 0.2) is 0 Å². The number of carbonyl (C=O) groups excluding carboxylic acids is 9. The number of amides is 10. The van der Waals surface area contributed by atoms with E-state index in [1.165, 1.54) is 54.3 Å². The summed E-state index contributed by atoms with van der Waals surface area (Å²) < 4.78 is 35.1. The Morgan fingerprint density at radius 2 is 1.47 bits per heavy atom. The lowest BCUT2D eigenvalue weighted by molar-refractivity contribution is -0.140. The number of rotatable bonds is 29. The molecule has 0 aromatic heterocycles. The fourth-order valence-electron chi connectivity index (χ4n) is 8.95. The molecule has 0 unspecified atom stereocenters. The fraction of sp³-hybridized carbons (Fsp3) is 0.648.